The van der Waals surface area contributed by atoms with Crippen LogP contribution in [0.1, 0.15) is 16.1 Å². The second kappa shape index (κ2) is 7.18. The Hall–Kier alpha value is -1.81. The second-order valence-electron chi connectivity index (χ2n) is 4.76. The number of hydrogen-bond acceptors (Lipinski definition) is 5. The number of fused-ring (bicyclic) bond motifs is 1. The van der Waals surface area contributed by atoms with Crippen molar-refractivity contribution in [2.75, 3.05) is 5.75 Å². The highest BCUT2D eigenvalue weighted by Gasteiger charge is 2.14. The molecule has 2 aromatic heterocycles. The molecule has 3 aromatic rings. The number of ketones is 1. The van der Waals surface area contributed by atoms with Crippen LogP contribution in [0.25, 0.3) is 11.0 Å². The van der Waals surface area contributed by atoms with Crippen molar-refractivity contribution in [3.8, 4) is 6.07 Å². The van der Waals surface area contributed by atoms with Gasteiger partial charge in [0, 0.05) is 6.54 Å². The third-order valence-corrected chi connectivity index (χ3v) is 5.50. The van der Waals surface area contributed by atoms with Gasteiger partial charge in [-0.1, -0.05) is 35.5 Å². The largest absolute Gasteiger partial charge is 0.318 e. The number of aromatic nitrogens is 2. The van der Waals surface area contributed by atoms with Crippen LogP contribution in [0.3, 0.4) is 0 Å². The zero-order valence-electron chi connectivity index (χ0n) is 12.0. The number of rotatable bonds is 6. The highest BCUT2D eigenvalue weighted by molar-refractivity contribution is 7.99. The van der Waals surface area contributed by atoms with Crippen LogP contribution < -0.4 is 0 Å². The van der Waals surface area contributed by atoms with Crippen LogP contribution in [-0.4, -0.2) is 21.1 Å². The summed E-state index contributed by atoms with van der Waals surface area (Å²) in [5.74, 6) is 0.331. The molecule has 0 aliphatic carbocycles. The number of nitriles is 1. The van der Waals surface area contributed by atoms with Crippen LogP contribution >= 0.6 is 34.7 Å². The quantitative estimate of drug-likeness (QED) is 0.474. The topological polar surface area (TPSA) is 58.7 Å². The number of halogens is 1. The van der Waals surface area contributed by atoms with Crippen molar-refractivity contribution in [2.24, 2.45) is 0 Å². The van der Waals surface area contributed by atoms with E-state index in [9.17, 15) is 4.79 Å². The molecule has 0 aliphatic rings. The number of thiophene rings is 1. The molecule has 0 aliphatic heterocycles. The summed E-state index contributed by atoms with van der Waals surface area (Å²) in [5.41, 5.74) is 1.86. The summed E-state index contributed by atoms with van der Waals surface area (Å²) >= 11 is 8.55. The molecule has 1 aromatic carbocycles. The Labute approximate surface area is 146 Å². The van der Waals surface area contributed by atoms with Crippen LogP contribution in [0, 0.1) is 11.3 Å². The average Bonchev–Trinajstić information content (AvgIpc) is 3.14. The van der Waals surface area contributed by atoms with E-state index in [1.807, 2.05) is 28.8 Å². The van der Waals surface area contributed by atoms with E-state index in [0.717, 1.165) is 16.2 Å². The zero-order chi connectivity index (χ0) is 16.2. The maximum absolute atomic E-state index is 12.2. The Bertz CT molecular complexity index is 894. The number of nitrogens with zero attached hydrogens (tertiary/aromatic N) is 3. The lowest BCUT2D eigenvalue weighted by atomic mass is 10.3. The van der Waals surface area contributed by atoms with E-state index in [2.05, 4.69) is 11.1 Å². The molecule has 3 rings (SSSR count). The number of hydrogen-bond donors (Lipinski definition) is 0. The lowest BCUT2D eigenvalue weighted by Crippen LogP contribution is -2.03. The molecule has 0 amide bonds. The standard InChI is InChI=1S/C16H12ClN3OS2/c17-15-7-6-14(23-15)13(21)10-22-16-19-11-4-1-2-5-12(11)20(16)9-3-8-18/h1-2,4-7H,3,9-10H2. The van der Waals surface area contributed by atoms with Crippen LogP contribution in [0.4, 0.5) is 0 Å². The van der Waals surface area contributed by atoms with Gasteiger partial charge in [0.15, 0.2) is 10.9 Å². The lowest BCUT2D eigenvalue weighted by molar-refractivity contribution is 0.102. The third-order valence-electron chi connectivity index (χ3n) is 3.25. The fraction of sp³-hybridized carbons (Fsp3) is 0.188. The molecule has 0 spiro atoms. The monoisotopic (exact) mass is 361 g/mol. The Balaban J connectivity index is 1.81. The summed E-state index contributed by atoms with van der Waals surface area (Å²) in [6, 6.07) is 13.4. The molecule has 0 saturated carbocycles. The Morgan fingerprint density at radius 2 is 2.17 bits per heavy atom. The molecule has 2 heterocycles. The minimum atomic E-state index is 0.0331. The SMILES string of the molecule is N#CCCn1c(SCC(=O)c2ccc(Cl)s2)nc2ccccc21. The highest BCUT2D eigenvalue weighted by Crippen LogP contribution is 2.27. The van der Waals surface area contributed by atoms with Gasteiger partial charge in [-0.05, 0) is 24.3 Å². The maximum atomic E-state index is 12.2. The zero-order valence-corrected chi connectivity index (χ0v) is 14.4. The van der Waals surface area contributed by atoms with E-state index in [1.54, 1.807) is 12.1 Å². The summed E-state index contributed by atoms with van der Waals surface area (Å²) in [6.45, 7) is 0.568. The molecule has 0 bridgehead atoms. The second-order valence-corrected chi connectivity index (χ2v) is 7.42. The van der Waals surface area contributed by atoms with Gasteiger partial charge in [-0.2, -0.15) is 5.26 Å². The number of imidazole rings is 1. The third kappa shape index (κ3) is 3.58. The molecule has 23 heavy (non-hydrogen) atoms. The van der Waals surface area contributed by atoms with Gasteiger partial charge < -0.3 is 4.57 Å². The Morgan fingerprint density at radius 1 is 1.35 bits per heavy atom. The van der Waals surface area contributed by atoms with Crippen molar-refractivity contribution in [3.63, 3.8) is 0 Å². The molecule has 116 valence electrons. The molecule has 0 fully saturated rings. The lowest BCUT2D eigenvalue weighted by Gasteiger charge is -2.05. The number of para-hydroxylation sites is 2. The predicted molar refractivity (Wildman–Crippen MR) is 94.3 cm³/mol. The van der Waals surface area contributed by atoms with Crippen molar-refractivity contribution >= 4 is 51.5 Å². The number of benzene rings is 1. The highest BCUT2D eigenvalue weighted by atomic mass is 35.5. The van der Waals surface area contributed by atoms with Gasteiger partial charge in [-0.3, -0.25) is 4.79 Å². The van der Waals surface area contributed by atoms with Gasteiger partial charge in [-0.15, -0.1) is 11.3 Å². The first-order valence-electron chi connectivity index (χ1n) is 6.92. The van der Waals surface area contributed by atoms with E-state index >= 15 is 0 Å². The number of thioether (sulfide) groups is 1. The van der Waals surface area contributed by atoms with Gasteiger partial charge in [0.1, 0.15) is 0 Å². The predicted octanol–water partition coefficient (Wildman–Crippen LogP) is 4.64. The van der Waals surface area contributed by atoms with E-state index in [0.29, 0.717) is 27.9 Å². The molecule has 0 radical (unpaired) electrons. The smallest absolute Gasteiger partial charge is 0.183 e. The van der Waals surface area contributed by atoms with Crippen molar-refractivity contribution in [2.45, 2.75) is 18.1 Å². The van der Waals surface area contributed by atoms with E-state index in [-0.39, 0.29) is 5.78 Å². The summed E-state index contributed by atoms with van der Waals surface area (Å²) in [6.07, 6.45) is 0.405. The number of carbonyl (C=O) groups excluding carboxylic acids is 1. The minimum Gasteiger partial charge on any atom is -0.318 e. The fourth-order valence-electron chi connectivity index (χ4n) is 2.21. The average molecular weight is 362 g/mol. The van der Waals surface area contributed by atoms with E-state index < -0.39 is 0 Å². The van der Waals surface area contributed by atoms with Crippen molar-refractivity contribution in [1.82, 2.24) is 9.55 Å². The van der Waals surface area contributed by atoms with Crippen molar-refractivity contribution < 1.29 is 4.79 Å². The van der Waals surface area contributed by atoms with Crippen molar-refractivity contribution in [3.05, 3.63) is 45.6 Å². The van der Waals surface area contributed by atoms with E-state index in [1.165, 1.54) is 23.1 Å². The molecule has 7 heteroatoms. The summed E-state index contributed by atoms with van der Waals surface area (Å²) in [7, 11) is 0. The molecule has 4 nitrogen and oxygen atoms in total. The van der Waals surface area contributed by atoms with Crippen LogP contribution in [0.15, 0.2) is 41.6 Å². The molecule has 0 saturated heterocycles. The summed E-state index contributed by atoms with van der Waals surface area (Å²) < 4.78 is 2.61. The van der Waals surface area contributed by atoms with Gasteiger partial charge in [-0.25, -0.2) is 4.98 Å². The molecule has 0 unspecified atom stereocenters. The molecular formula is C16H12ClN3OS2. The van der Waals surface area contributed by atoms with Crippen LogP contribution in [-0.2, 0) is 6.54 Å². The number of aryl methyl sites for hydroxylation is 1. The fourth-order valence-corrected chi connectivity index (χ4v) is 4.20. The number of Topliss-reactive ketones (excluding diaryl/α,β-unsaturated/α-hetero) is 1. The molecule has 0 atom stereocenters. The number of carbonyl (C=O) groups is 1. The summed E-state index contributed by atoms with van der Waals surface area (Å²) in [5, 5.41) is 9.60. The molecular weight excluding hydrogens is 350 g/mol. The van der Waals surface area contributed by atoms with Crippen molar-refractivity contribution in [1.29, 1.82) is 5.26 Å². The first-order valence-corrected chi connectivity index (χ1v) is 9.10. The minimum absolute atomic E-state index is 0.0331. The first kappa shape index (κ1) is 16.1. The van der Waals surface area contributed by atoms with Gasteiger partial charge in [0.25, 0.3) is 0 Å². The van der Waals surface area contributed by atoms with Gasteiger partial charge in [0.05, 0.1) is 38.5 Å². The van der Waals surface area contributed by atoms with Gasteiger partial charge >= 0.3 is 0 Å². The summed E-state index contributed by atoms with van der Waals surface area (Å²) in [4.78, 5) is 17.4. The maximum Gasteiger partial charge on any atom is 0.183 e. The van der Waals surface area contributed by atoms with E-state index in [4.69, 9.17) is 16.9 Å². The Kier molecular flexibility index (Phi) is 5.01. The van der Waals surface area contributed by atoms with Gasteiger partial charge in [0.2, 0.25) is 0 Å². The first-order chi connectivity index (χ1) is 11.2. The normalized spacial score (nSPS) is 10.8. The Morgan fingerprint density at radius 3 is 2.91 bits per heavy atom. The molecule has 0 N–H and O–H groups in total. The van der Waals surface area contributed by atoms with Crippen LogP contribution in [0.2, 0.25) is 4.34 Å². The van der Waals surface area contributed by atoms with Crippen LogP contribution in [0.5, 0.6) is 0 Å².